The zero-order valence-corrected chi connectivity index (χ0v) is 7.42. The lowest BCUT2D eigenvalue weighted by Gasteiger charge is -2.26. The van der Waals surface area contributed by atoms with E-state index in [-0.39, 0.29) is 0 Å². The molecule has 0 aromatic carbocycles. The molecule has 0 bridgehead atoms. The van der Waals surface area contributed by atoms with Crippen molar-refractivity contribution in [1.82, 2.24) is 5.43 Å². The maximum atomic E-state index is 5.55. The zero-order chi connectivity index (χ0) is 8.27. The van der Waals surface area contributed by atoms with Gasteiger partial charge in [-0.15, -0.1) is 0 Å². The Morgan fingerprint density at radius 3 is 2.36 bits per heavy atom. The van der Waals surface area contributed by atoms with Crippen LogP contribution in [0.15, 0.2) is 5.10 Å². The van der Waals surface area contributed by atoms with Crippen LogP contribution in [0.3, 0.4) is 0 Å². The third kappa shape index (κ3) is 2.50. The molecule has 0 saturated carbocycles. The van der Waals surface area contributed by atoms with Crippen molar-refractivity contribution in [2.75, 3.05) is 7.05 Å². The molecule has 1 saturated heterocycles. The average molecular weight is 156 g/mol. The van der Waals surface area contributed by atoms with Gasteiger partial charge in [0, 0.05) is 25.6 Å². The highest BCUT2D eigenvalue weighted by Gasteiger charge is 2.19. The van der Waals surface area contributed by atoms with E-state index >= 15 is 0 Å². The van der Waals surface area contributed by atoms with Crippen molar-refractivity contribution >= 4 is 5.71 Å². The third-order valence-electron chi connectivity index (χ3n) is 1.78. The lowest BCUT2D eigenvalue weighted by atomic mass is 10.0. The summed E-state index contributed by atoms with van der Waals surface area (Å²) in [5, 5.41) is 4.17. The van der Waals surface area contributed by atoms with Gasteiger partial charge in [-0.3, -0.25) is 0 Å². The molecule has 3 nitrogen and oxygen atoms in total. The molecule has 1 aliphatic heterocycles. The van der Waals surface area contributed by atoms with Gasteiger partial charge >= 0.3 is 0 Å². The second-order valence-corrected chi connectivity index (χ2v) is 3.07. The molecular weight excluding hydrogens is 140 g/mol. The minimum Gasteiger partial charge on any atom is -0.375 e. The molecule has 1 aliphatic rings. The molecule has 0 unspecified atom stereocenters. The standard InChI is InChI=1S/C8H16N2O/c1-6-4-8(10-9-3)5-7(2)11-6/h6-7,9H,4-5H2,1-3H3/t6-,7+. The van der Waals surface area contributed by atoms with Crippen molar-refractivity contribution < 1.29 is 4.74 Å². The van der Waals surface area contributed by atoms with Crippen LogP contribution in [-0.4, -0.2) is 25.0 Å². The second kappa shape index (κ2) is 3.72. The first-order valence-electron chi connectivity index (χ1n) is 4.10. The van der Waals surface area contributed by atoms with E-state index in [2.05, 4.69) is 24.4 Å². The summed E-state index contributed by atoms with van der Waals surface area (Å²) in [6, 6.07) is 0. The van der Waals surface area contributed by atoms with Crippen LogP contribution in [0.2, 0.25) is 0 Å². The van der Waals surface area contributed by atoms with Crippen LogP contribution in [0, 0.1) is 0 Å². The number of ether oxygens (including phenoxy) is 1. The third-order valence-corrected chi connectivity index (χ3v) is 1.78. The monoisotopic (exact) mass is 156 g/mol. The molecule has 1 N–H and O–H groups in total. The molecular formula is C8H16N2O. The second-order valence-electron chi connectivity index (χ2n) is 3.07. The van der Waals surface area contributed by atoms with E-state index in [1.807, 2.05) is 7.05 Å². The van der Waals surface area contributed by atoms with E-state index < -0.39 is 0 Å². The van der Waals surface area contributed by atoms with E-state index in [1.54, 1.807) is 0 Å². The van der Waals surface area contributed by atoms with Crippen molar-refractivity contribution in [2.24, 2.45) is 5.10 Å². The first-order valence-corrected chi connectivity index (χ1v) is 4.10. The van der Waals surface area contributed by atoms with Gasteiger partial charge in [0.25, 0.3) is 0 Å². The highest BCUT2D eigenvalue weighted by molar-refractivity contribution is 5.85. The lowest BCUT2D eigenvalue weighted by molar-refractivity contribution is 0.00361. The van der Waals surface area contributed by atoms with Crippen molar-refractivity contribution in [1.29, 1.82) is 0 Å². The molecule has 0 aromatic heterocycles. The SMILES string of the molecule is CNN=C1C[C@@H](C)O[C@@H](C)C1. The van der Waals surface area contributed by atoms with Crippen molar-refractivity contribution in [3.63, 3.8) is 0 Å². The maximum Gasteiger partial charge on any atom is 0.0603 e. The van der Waals surface area contributed by atoms with Crippen LogP contribution >= 0.6 is 0 Å². The van der Waals surface area contributed by atoms with Crippen LogP contribution in [-0.2, 0) is 4.74 Å². The van der Waals surface area contributed by atoms with E-state index in [9.17, 15) is 0 Å². The Labute approximate surface area is 67.8 Å². The summed E-state index contributed by atoms with van der Waals surface area (Å²) in [6.45, 7) is 4.17. The molecule has 1 fully saturated rings. The fraction of sp³-hybridized carbons (Fsp3) is 0.875. The number of hydrazone groups is 1. The van der Waals surface area contributed by atoms with Crippen LogP contribution in [0.5, 0.6) is 0 Å². The predicted octanol–water partition coefficient (Wildman–Crippen LogP) is 1.15. The predicted molar refractivity (Wildman–Crippen MR) is 45.7 cm³/mol. The summed E-state index contributed by atoms with van der Waals surface area (Å²) in [5.74, 6) is 0. The zero-order valence-electron chi connectivity index (χ0n) is 7.42. The van der Waals surface area contributed by atoms with E-state index in [0.717, 1.165) is 12.8 Å². The molecule has 0 spiro atoms. The smallest absolute Gasteiger partial charge is 0.0603 e. The van der Waals surface area contributed by atoms with E-state index in [0.29, 0.717) is 12.2 Å². The Kier molecular flexibility index (Phi) is 2.88. The van der Waals surface area contributed by atoms with Gasteiger partial charge in [-0.25, -0.2) is 0 Å². The van der Waals surface area contributed by atoms with Gasteiger partial charge < -0.3 is 10.2 Å². The van der Waals surface area contributed by atoms with Gasteiger partial charge in [0.1, 0.15) is 0 Å². The highest BCUT2D eigenvalue weighted by atomic mass is 16.5. The summed E-state index contributed by atoms with van der Waals surface area (Å²) in [4.78, 5) is 0. The van der Waals surface area contributed by atoms with Crippen LogP contribution in [0.25, 0.3) is 0 Å². The van der Waals surface area contributed by atoms with Crippen LogP contribution < -0.4 is 5.43 Å². The molecule has 64 valence electrons. The normalized spacial score (nSPS) is 35.7. The van der Waals surface area contributed by atoms with Gasteiger partial charge in [0.2, 0.25) is 0 Å². The van der Waals surface area contributed by atoms with Gasteiger partial charge in [-0.1, -0.05) is 0 Å². The molecule has 2 atom stereocenters. The molecule has 1 heterocycles. The minimum atomic E-state index is 0.325. The fourth-order valence-corrected chi connectivity index (χ4v) is 1.49. The summed E-state index contributed by atoms with van der Waals surface area (Å²) in [5.41, 5.74) is 4.03. The van der Waals surface area contributed by atoms with Crippen LogP contribution in [0.4, 0.5) is 0 Å². The first-order chi connectivity index (χ1) is 5.22. The Balaban J connectivity index is 2.49. The largest absolute Gasteiger partial charge is 0.375 e. The molecule has 0 radical (unpaired) electrons. The van der Waals surface area contributed by atoms with Crippen LogP contribution in [0.1, 0.15) is 26.7 Å². The average Bonchev–Trinajstić information content (AvgIpc) is 1.85. The molecule has 0 amide bonds. The molecule has 1 rings (SSSR count). The summed E-state index contributed by atoms with van der Waals surface area (Å²) < 4.78 is 5.55. The number of nitrogens with zero attached hydrogens (tertiary/aromatic N) is 1. The molecule has 3 heteroatoms. The summed E-state index contributed by atoms with van der Waals surface area (Å²) >= 11 is 0. The number of hydrogen-bond donors (Lipinski definition) is 1. The first kappa shape index (κ1) is 8.53. The van der Waals surface area contributed by atoms with Crippen molar-refractivity contribution in [3.05, 3.63) is 0 Å². The van der Waals surface area contributed by atoms with Crippen molar-refractivity contribution in [2.45, 2.75) is 38.9 Å². The van der Waals surface area contributed by atoms with E-state index in [1.165, 1.54) is 5.71 Å². The van der Waals surface area contributed by atoms with E-state index in [4.69, 9.17) is 4.74 Å². The summed E-state index contributed by atoms with van der Waals surface area (Å²) in [7, 11) is 1.83. The quantitative estimate of drug-likeness (QED) is 0.578. The Bertz CT molecular complexity index is 144. The van der Waals surface area contributed by atoms with Gasteiger partial charge in [0.05, 0.1) is 12.2 Å². The van der Waals surface area contributed by atoms with Crippen molar-refractivity contribution in [3.8, 4) is 0 Å². The molecule has 0 aromatic rings. The van der Waals surface area contributed by atoms with Gasteiger partial charge in [-0.05, 0) is 13.8 Å². The number of nitrogens with one attached hydrogen (secondary N) is 1. The topological polar surface area (TPSA) is 33.6 Å². The van der Waals surface area contributed by atoms with Gasteiger partial charge in [-0.2, -0.15) is 5.10 Å². The minimum absolute atomic E-state index is 0.325. The number of hydrogen-bond acceptors (Lipinski definition) is 3. The van der Waals surface area contributed by atoms with Gasteiger partial charge in [0.15, 0.2) is 0 Å². The molecule has 0 aliphatic carbocycles. The summed E-state index contributed by atoms with van der Waals surface area (Å²) in [6.07, 6.45) is 2.58. The molecule has 11 heavy (non-hydrogen) atoms. The fourth-order valence-electron chi connectivity index (χ4n) is 1.49. The Hall–Kier alpha value is -0.570. The lowest BCUT2D eigenvalue weighted by Crippen LogP contribution is -2.30. The Morgan fingerprint density at radius 2 is 1.91 bits per heavy atom. The highest BCUT2D eigenvalue weighted by Crippen LogP contribution is 2.15. The number of rotatable bonds is 1. The Morgan fingerprint density at radius 1 is 1.36 bits per heavy atom. The maximum absolute atomic E-state index is 5.55.